The third-order valence-corrected chi connectivity index (χ3v) is 5.89. The average Bonchev–Trinajstić information content (AvgIpc) is 3.21. The standard InChI is InChI=1S/C21H29N5O2/c1-14-4-5-15(2)18(10-14)20-12-25(16(3)13-28-20)21(27)19-11-26(24-23-19)17-6-8-22-9-7-17/h4-5,10-11,16-17,20,22H,6-9,12-13H2,1-3H3. The van der Waals surface area contributed by atoms with E-state index in [1.807, 2.05) is 22.7 Å². The number of ether oxygens (including phenoxy) is 1. The predicted molar refractivity (Wildman–Crippen MR) is 106 cm³/mol. The summed E-state index contributed by atoms with van der Waals surface area (Å²) in [6.07, 6.45) is 3.73. The van der Waals surface area contributed by atoms with Crippen molar-refractivity contribution in [1.82, 2.24) is 25.2 Å². The van der Waals surface area contributed by atoms with E-state index in [2.05, 4.69) is 47.7 Å². The molecule has 0 spiro atoms. The van der Waals surface area contributed by atoms with Gasteiger partial charge in [0.25, 0.3) is 5.91 Å². The number of piperidine rings is 1. The largest absolute Gasteiger partial charge is 0.370 e. The van der Waals surface area contributed by atoms with E-state index in [0.29, 0.717) is 24.9 Å². The van der Waals surface area contributed by atoms with Gasteiger partial charge in [-0.1, -0.05) is 29.0 Å². The summed E-state index contributed by atoms with van der Waals surface area (Å²) in [7, 11) is 0. The molecule has 1 N–H and O–H groups in total. The van der Waals surface area contributed by atoms with Crippen LogP contribution in [0.4, 0.5) is 0 Å². The number of morpholine rings is 1. The highest BCUT2D eigenvalue weighted by molar-refractivity contribution is 5.92. The minimum absolute atomic E-state index is 0.0119. The molecule has 0 aliphatic carbocycles. The molecule has 2 saturated heterocycles. The zero-order chi connectivity index (χ0) is 19.7. The van der Waals surface area contributed by atoms with E-state index >= 15 is 0 Å². The number of aryl methyl sites for hydroxylation is 2. The maximum absolute atomic E-state index is 13.2. The summed E-state index contributed by atoms with van der Waals surface area (Å²) in [6, 6.07) is 6.71. The van der Waals surface area contributed by atoms with Gasteiger partial charge in [0.1, 0.15) is 6.10 Å². The van der Waals surface area contributed by atoms with Gasteiger partial charge in [-0.25, -0.2) is 4.68 Å². The van der Waals surface area contributed by atoms with Crippen LogP contribution in [0, 0.1) is 13.8 Å². The zero-order valence-electron chi connectivity index (χ0n) is 16.9. The molecule has 28 heavy (non-hydrogen) atoms. The van der Waals surface area contributed by atoms with Crippen LogP contribution < -0.4 is 5.32 Å². The van der Waals surface area contributed by atoms with Gasteiger partial charge < -0.3 is 15.0 Å². The topological polar surface area (TPSA) is 72.3 Å². The van der Waals surface area contributed by atoms with Crippen LogP contribution in [0.15, 0.2) is 24.4 Å². The lowest BCUT2D eigenvalue weighted by Crippen LogP contribution is -2.48. The molecule has 2 atom stereocenters. The Bertz CT molecular complexity index is 843. The van der Waals surface area contributed by atoms with Crippen molar-refractivity contribution < 1.29 is 9.53 Å². The minimum atomic E-state index is -0.112. The highest BCUT2D eigenvalue weighted by atomic mass is 16.5. The molecule has 1 amide bonds. The van der Waals surface area contributed by atoms with Gasteiger partial charge >= 0.3 is 0 Å². The number of hydrogen-bond donors (Lipinski definition) is 1. The molecule has 2 unspecified atom stereocenters. The lowest BCUT2D eigenvalue weighted by atomic mass is 9.98. The van der Waals surface area contributed by atoms with Gasteiger partial charge in [0, 0.05) is 0 Å². The Kier molecular flexibility index (Phi) is 5.46. The highest BCUT2D eigenvalue weighted by Crippen LogP contribution is 2.29. The van der Waals surface area contributed by atoms with E-state index < -0.39 is 0 Å². The van der Waals surface area contributed by atoms with Crippen LogP contribution in [-0.4, -0.2) is 58.1 Å². The monoisotopic (exact) mass is 383 g/mol. The van der Waals surface area contributed by atoms with E-state index in [4.69, 9.17) is 4.74 Å². The number of nitrogens with one attached hydrogen (secondary N) is 1. The molecule has 2 fully saturated rings. The van der Waals surface area contributed by atoms with E-state index in [1.54, 1.807) is 0 Å². The van der Waals surface area contributed by atoms with Gasteiger partial charge in [0.15, 0.2) is 5.69 Å². The molecule has 2 aromatic rings. The van der Waals surface area contributed by atoms with E-state index in [0.717, 1.165) is 31.5 Å². The van der Waals surface area contributed by atoms with Crippen LogP contribution in [0.1, 0.15) is 59.1 Å². The second kappa shape index (κ2) is 8.01. The Morgan fingerprint density at radius 3 is 2.82 bits per heavy atom. The SMILES string of the molecule is Cc1ccc(C)c(C2CN(C(=O)c3cn(C4CCNCC4)nn3)C(C)CO2)c1. The van der Waals surface area contributed by atoms with Gasteiger partial charge in [-0.15, -0.1) is 5.10 Å². The molecule has 150 valence electrons. The van der Waals surface area contributed by atoms with Crippen LogP contribution in [0.5, 0.6) is 0 Å². The molecule has 2 aliphatic rings. The molecule has 7 nitrogen and oxygen atoms in total. The number of hydrogen-bond acceptors (Lipinski definition) is 5. The zero-order valence-corrected chi connectivity index (χ0v) is 16.9. The maximum atomic E-state index is 13.2. The lowest BCUT2D eigenvalue weighted by Gasteiger charge is -2.38. The average molecular weight is 383 g/mol. The summed E-state index contributed by atoms with van der Waals surface area (Å²) < 4.78 is 7.95. The summed E-state index contributed by atoms with van der Waals surface area (Å²) >= 11 is 0. The van der Waals surface area contributed by atoms with Crippen molar-refractivity contribution in [2.45, 2.75) is 51.8 Å². The van der Waals surface area contributed by atoms with Crippen molar-refractivity contribution in [3.8, 4) is 0 Å². The first-order valence-corrected chi connectivity index (χ1v) is 10.1. The molecule has 0 radical (unpaired) electrons. The molecular formula is C21H29N5O2. The molecule has 1 aromatic carbocycles. The van der Waals surface area contributed by atoms with E-state index in [9.17, 15) is 4.79 Å². The Hall–Kier alpha value is -2.25. The van der Waals surface area contributed by atoms with Gasteiger partial charge in [-0.2, -0.15) is 0 Å². The second-order valence-electron chi connectivity index (χ2n) is 8.05. The van der Waals surface area contributed by atoms with Crippen molar-refractivity contribution in [1.29, 1.82) is 0 Å². The maximum Gasteiger partial charge on any atom is 0.276 e. The first-order chi connectivity index (χ1) is 13.5. The fourth-order valence-corrected chi connectivity index (χ4v) is 4.11. The van der Waals surface area contributed by atoms with Crippen LogP contribution in [0.2, 0.25) is 0 Å². The number of amides is 1. The van der Waals surface area contributed by atoms with E-state index in [1.165, 1.54) is 11.1 Å². The normalized spacial score (nSPS) is 23.8. The minimum Gasteiger partial charge on any atom is -0.370 e. The van der Waals surface area contributed by atoms with Crippen molar-refractivity contribution in [3.05, 3.63) is 46.8 Å². The number of carbonyl (C=O) groups is 1. The third-order valence-electron chi connectivity index (χ3n) is 5.89. The number of carbonyl (C=O) groups excluding carboxylic acids is 1. The van der Waals surface area contributed by atoms with Gasteiger partial charge in [-0.05, 0) is 57.8 Å². The fraction of sp³-hybridized carbons (Fsp3) is 0.571. The van der Waals surface area contributed by atoms with Gasteiger partial charge in [-0.3, -0.25) is 4.79 Å². The Balaban J connectivity index is 1.51. The van der Waals surface area contributed by atoms with Crippen LogP contribution in [0.25, 0.3) is 0 Å². The van der Waals surface area contributed by atoms with Crippen molar-refractivity contribution >= 4 is 5.91 Å². The number of benzene rings is 1. The Morgan fingerprint density at radius 2 is 2.04 bits per heavy atom. The molecule has 0 saturated carbocycles. The van der Waals surface area contributed by atoms with Crippen molar-refractivity contribution in [2.24, 2.45) is 0 Å². The number of aromatic nitrogens is 3. The van der Waals surface area contributed by atoms with Crippen molar-refractivity contribution in [2.75, 3.05) is 26.2 Å². The number of nitrogens with zero attached hydrogens (tertiary/aromatic N) is 4. The summed E-state index contributed by atoms with van der Waals surface area (Å²) in [6.45, 7) is 9.20. The molecule has 2 aliphatic heterocycles. The highest BCUT2D eigenvalue weighted by Gasteiger charge is 2.33. The van der Waals surface area contributed by atoms with Crippen LogP contribution >= 0.6 is 0 Å². The number of rotatable bonds is 3. The predicted octanol–water partition coefficient (Wildman–Crippen LogP) is 2.42. The second-order valence-corrected chi connectivity index (χ2v) is 8.05. The van der Waals surface area contributed by atoms with Gasteiger partial charge in [0.05, 0.1) is 31.4 Å². The first kappa shape index (κ1) is 19.1. The molecule has 4 rings (SSSR count). The van der Waals surface area contributed by atoms with Crippen LogP contribution in [0.3, 0.4) is 0 Å². The molecular weight excluding hydrogens is 354 g/mol. The Labute approximate surface area is 166 Å². The summed E-state index contributed by atoms with van der Waals surface area (Å²) in [5, 5.41) is 11.8. The van der Waals surface area contributed by atoms with E-state index in [-0.39, 0.29) is 18.1 Å². The smallest absolute Gasteiger partial charge is 0.276 e. The van der Waals surface area contributed by atoms with Crippen LogP contribution in [-0.2, 0) is 4.74 Å². The molecule has 7 heteroatoms. The summed E-state index contributed by atoms with van der Waals surface area (Å²) in [4.78, 5) is 15.1. The van der Waals surface area contributed by atoms with Gasteiger partial charge in [0.2, 0.25) is 0 Å². The fourth-order valence-electron chi connectivity index (χ4n) is 4.11. The summed E-state index contributed by atoms with van der Waals surface area (Å²) in [5.74, 6) is -0.0636. The quantitative estimate of drug-likeness (QED) is 0.881. The summed E-state index contributed by atoms with van der Waals surface area (Å²) in [5.41, 5.74) is 3.97. The molecule has 3 heterocycles. The van der Waals surface area contributed by atoms with Crippen molar-refractivity contribution in [3.63, 3.8) is 0 Å². The first-order valence-electron chi connectivity index (χ1n) is 10.1. The Morgan fingerprint density at radius 1 is 1.25 bits per heavy atom. The molecule has 0 bridgehead atoms. The lowest BCUT2D eigenvalue weighted by molar-refractivity contribution is -0.0491. The molecule has 1 aromatic heterocycles. The third kappa shape index (κ3) is 3.82.